The van der Waals surface area contributed by atoms with E-state index in [1.54, 1.807) is 0 Å². The molecule has 0 aliphatic carbocycles. The summed E-state index contributed by atoms with van der Waals surface area (Å²) < 4.78 is 0. The van der Waals surface area contributed by atoms with E-state index in [2.05, 4.69) is 23.1 Å². The third kappa shape index (κ3) is 229. The molecule has 1 atom stereocenters. The standard InChI is InChI=1S/C4H11P.4C2H6/c1-4(2)3-5;4*1-2/h4H,3,5H2,1-2H3;4*1-2H3. The Kier molecular flexibility index (Phi) is 186. The fraction of sp³-hybridized carbons (Fsp3) is 1.00. The van der Waals surface area contributed by atoms with Gasteiger partial charge in [0.15, 0.2) is 0 Å². The average molecular weight is 210 g/mol. The van der Waals surface area contributed by atoms with Crippen LogP contribution in [0.25, 0.3) is 0 Å². The maximum atomic E-state index is 2.69. The summed E-state index contributed by atoms with van der Waals surface area (Å²) in [5, 5.41) is 0. The molecule has 1 heteroatoms. The summed E-state index contributed by atoms with van der Waals surface area (Å²) in [6, 6.07) is 0. The van der Waals surface area contributed by atoms with E-state index < -0.39 is 0 Å². The fourth-order valence-corrected chi connectivity index (χ4v) is 0. The summed E-state index contributed by atoms with van der Waals surface area (Å²) in [6.07, 6.45) is 1.22. The van der Waals surface area contributed by atoms with E-state index in [9.17, 15) is 0 Å². The van der Waals surface area contributed by atoms with Crippen LogP contribution in [0, 0.1) is 5.92 Å². The summed E-state index contributed by atoms with van der Waals surface area (Å²) in [7, 11) is 2.69. The van der Waals surface area contributed by atoms with Gasteiger partial charge in [0.05, 0.1) is 0 Å². The van der Waals surface area contributed by atoms with Gasteiger partial charge in [-0.2, -0.15) is 0 Å². The Bertz CT molecular complexity index is 19.1. The zero-order valence-corrected chi connectivity index (χ0v) is 13.0. The van der Waals surface area contributed by atoms with Crippen molar-refractivity contribution in [2.75, 3.05) is 6.16 Å². The van der Waals surface area contributed by atoms with E-state index in [4.69, 9.17) is 0 Å². The minimum absolute atomic E-state index is 0.847. The van der Waals surface area contributed by atoms with Crippen molar-refractivity contribution in [2.45, 2.75) is 69.2 Å². The van der Waals surface area contributed by atoms with Crippen molar-refractivity contribution < 1.29 is 0 Å². The summed E-state index contributed by atoms with van der Waals surface area (Å²) in [4.78, 5) is 0. The zero-order valence-electron chi connectivity index (χ0n) is 11.9. The fourth-order valence-electron chi connectivity index (χ4n) is 0. The Hall–Kier alpha value is 0.430. The average Bonchev–Trinajstić information content (AvgIpc) is 2.29. The smallest absolute Gasteiger partial charge is 0.0358 e. The van der Waals surface area contributed by atoms with Crippen molar-refractivity contribution in [3.63, 3.8) is 0 Å². The largest absolute Gasteiger partial charge is 0.137 e. The third-order valence-electron chi connectivity index (χ3n) is 0.471. The molecule has 0 radical (unpaired) electrons. The molecule has 0 aliphatic rings. The van der Waals surface area contributed by atoms with Gasteiger partial charge in [0.1, 0.15) is 0 Å². The van der Waals surface area contributed by atoms with Crippen molar-refractivity contribution in [3.05, 3.63) is 0 Å². The lowest BCUT2D eigenvalue weighted by Gasteiger charge is -1.90. The molecular formula is C12H35P. The molecule has 0 bridgehead atoms. The zero-order chi connectivity index (χ0) is 12.3. The lowest BCUT2D eigenvalue weighted by atomic mass is 10.3. The highest BCUT2D eigenvalue weighted by atomic mass is 31.0. The van der Waals surface area contributed by atoms with Crippen LogP contribution < -0.4 is 0 Å². The molecule has 0 aliphatic heterocycles. The molecule has 0 rings (SSSR count). The van der Waals surface area contributed by atoms with Crippen LogP contribution in [0.2, 0.25) is 0 Å². The molecule has 0 nitrogen and oxygen atoms in total. The molecule has 0 amide bonds. The third-order valence-corrected chi connectivity index (χ3v) is 1.41. The Morgan fingerprint density at radius 1 is 0.692 bits per heavy atom. The maximum absolute atomic E-state index is 2.69. The van der Waals surface area contributed by atoms with Crippen LogP contribution in [-0.4, -0.2) is 6.16 Å². The second-order valence-corrected chi connectivity index (χ2v) is 2.10. The van der Waals surface area contributed by atoms with E-state index in [1.165, 1.54) is 6.16 Å². The van der Waals surface area contributed by atoms with Crippen LogP contribution in [0.1, 0.15) is 69.2 Å². The first-order valence-corrected chi connectivity index (χ1v) is 6.79. The quantitative estimate of drug-likeness (QED) is 0.493. The molecule has 0 aromatic rings. The van der Waals surface area contributed by atoms with Gasteiger partial charge in [-0.1, -0.05) is 69.2 Å². The topological polar surface area (TPSA) is 0 Å². The molecular weight excluding hydrogens is 175 g/mol. The van der Waals surface area contributed by atoms with Gasteiger partial charge in [-0.15, -0.1) is 9.24 Å². The van der Waals surface area contributed by atoms with Crippen LogP contribution in [-0.2, 0) is 0 Å². The molecule has 13 heavy (non-hydrogen) atoms. The molecule has 0 aromatic carbocycles. The van der Waals surface area contributed by atoms with Crippen LogP contribution in [0.4, 0.5) is 0 Å². The van der Waals surface area contributed by atoms with Crippen LogP contribution in [0.15, 0.2) is 0 Å². The molecule has 0 heterocycles. The van der Waals surface area contributed by atoms with Gasteiger partial charge in [0, 0.05) is 0 Å². The van der Waals surface area contributed by atoms with E-state index in [-0.39, 0.29) is 0 Å². The number of rotatable bonds is 1. The second kappa shape index (κ2) is 82.7. The second-order valence-electron chi connectivity index (χ2n) is 1.63. The van der Waals surface area contributed by atoms with Gasteiger partial charge in [-0.05, 0) is 12.1 Å². The summed E-state index contributed by atoms with van der Waals surface area (Å²) >= 11 is 0. The Labute approximate surface area is 91.1 Å². The maximum Gasteiger partial charge on any atom is -0.0358 e. The van der Waals surface area contributed by atoms with Gasteiger partial charge in [-0.25, -0.2) is 0 Å². The van der Waals surface area contributed by atoms with Crippen molar-refractivity contribution in [2.24, 2.45) is 5.92 Å². The molecule has 0 N–H and O–H groups in total. The van der Waals surface area contributed by atoms with Crippen molar-refractivity contribution in [3.8, 4) is 0 Å². The summed E-state index contributed by atoms with van der Waals surface area (Å²) in [6.45, 7) is 20.4. The Morgan fingerprint density at radius 2 is 0.769 bits per heavy atom. The minimum atomic E-state index is 0.847. The van der Waals surface area contributed by atoms with E-state index >= 15 is 0 Å². The van der Waals surface area contributed by atoms with Crippen molar-refractivity contribution >= 4 is 9.24 Å². The SMILES string of the molecule is CC.CC.CC.CC.CC(C)CP. The molecule has 88 valence electrons. The predicted molar refractivity (Wildman–Crippen MR) is 74.8 cm³/mol. The minimum Gasteiger partial charge on any atom is -0.137 e. The first kappa shape index (κ1) is 29.2. The molecule has 0 saturated heterocycles. The van der Waals surface area contributed by atoms with Crippen LogP contribution >= 0.6 is 9.24 Å². The van der Waals surface area contributed by atoms with Crippen LogP contribution in [0.5, 0.6) is 0 Å². The van der Waals surface area contributed by atoms with Gasteiger partial charge in [-0.3, -0.25) is 0 Å². The first-order chi connectivity index (χ1) is 6.27. The molecule has 0 spiro atoms. The van der Waals surface area contributed by atoms with E-state index in [0.29, 0.717) is 0 Å². The van der Waals surface area contributed by atoms with E-state index in [0.717, 1.165) is 5.92 Å². The van der Waals surface area contributed by atoms with Crippen molar-refractivity contribution in [1.82, 2.24) is 0 Å². The Balaban J connectivity index is -0.0000000230. The monoisotopic (exact) mass is 210 g/mol. The lowest BCUT2D eigenvalue weighted by molar-refractivity contribution is 0.750. The highest BCUT2D eigenvalue weighted by Crippen LogP contribution is 1.94. The Morgan fingerprint density at radius 3 is 0.769 bits per heavy atom. The number of hydrogen-bond acceptors (Lipinski definition) is 0. The molecule has 1 unspecified atom stereocenters. The van der Waals surface area contributed by atoms with Crippen LogP contribution in [0.3, 0.4) is 0 Å². The summed E-state index contributed by atoms with van der Waals surface area (Å²) in [5.41, 5.74) is 0. The first-order valence-electron chi connectivity index (χ1n) is 5.97. The van der Waals surface area contributed by atoms with Gasteiger partial charge >= 0.3 is 0 Å². The van der Waals surface area contributed by atoms with Crippen molar-refractivity contribution in [1.29, 1.82) is 0 Å². The lowest BCUT2D eigenvalue weighted by Crippen LogP contribution is -1.82. The normalized spacial score (nSPS) is 5.54. The van der Waals surface area contributed by atoms with Gasteiger partial charge in [0.2, 0.25) is 0 Å². The highest BCUT2D eigenvalue weighted by Gasteiger charge is 1.80. The number of hydrogen-bond donors (Lipinski definition) is 0. The van der Waals surface area contributed by atoms with E-state index in [1.807, 2.05) is 55.4 Å². The summed E-state index contributed by atoms with van der Waals surface area (Å²) in [5.74, 6) is 0.847. The molecule has 0 aromatic heterocycles. The van der Waals surface area contributed by atoms with Gasteiger partial charge < -0.3 is 0 Å². The molecule has 0 fully saturated rings. The highest BCUT2D eigenvalue weighted by molar-refractivity contribution is 7.16. The van der Waals surface area contributed by atoms with Gasteiger partial charge in [0.25, 0.3) is 0 Å². The predicted octanol–water partition coefficient (Wildman–Crippen LogP) is 5.62. The molecule has 0 saturated carbocycles.